The van der Waals surface area contributed by atoms with E-state index in [9.17, 15) is 9.90 Å². The number of hydrogen-bond donors (Lipinski definition) is 2. The molecule has 0 aromatic heterocycles. The largest absolute Gasteiger partial charge is 0.393 e. The summed E-state index contributed by atoms with van der Waals surface area (Å²) in [6.45, 7) is 8.38. The first-order valence-corrected chi connectivity index (χ1v) is 6.49. The van der Waals surface area contributed by atoms with E-state index in [4.69, 9.17) is 0 Å². The first-order valence-electron chi connectivity index (χ1n) is 6.49. The number of carbonyl (C=O) groups is 1. The maximum atomic E-state index is 12.1. The predicted molar refractivity (Wildman–Crippen MR) is 73.9 cm³/mol. The summed E-state index contributed by atoms with van der Waals surface area (Å²) in [4.78, 5) is 12.1. The second-order valence-corrected chi connectivity index (χ2v) is 4.88. The molecule has 0 aliphatic carbocycles. The van der Waals surface area contributed by atoms with Gasteiger partial charge in [0, 0.05) is 12.1 Å². The summed E-state index contributed by atoms with van der Waals surface area (Å²) in [5.41, 5.74) is 3.93. The zero-order chi connectivity index (χ0) is 13.7. The van der Waals surface area contributed by atoms with Crippen LogP contribution >= 0.6 is 0 Å². The minimum absolute atomic E-state index is 0.0479. The highest BCUT2D eigenvalue weighted by atomic mass is 16.3. The molecule has 1 rings (SSSR count). The average molecular weight is 249 g/mol. The Morgan fingerprint density at radius 3 is 2.33 bits per heavy atom. The molecule has 0 fully saturated rings. The van der Waals surface area contributed by atoms with Gasteiger partial charge in [0.25, 0.3) is 5.91 Å². The molecule has 18 heavy (non-hydrogen) atoms. The topological polar surface area (TPSA) is 49.3 Å². The third kappa shape index (κ3) is 3.84. The number of aliphatic hydroxyl groups is 1. The molecule has 0 radical (unpaired) electrons. The van der Waals surface area contributed by atoms with Crippen molar-refractivity contribution in [2.24, 2.45) is 0 Å². The molecule has 1 amide bonds. The lowest BCUT2D eigenvalue weighted by Gasteiger charge is -2.13. The van der Waals surface area contributed by atoms with Crippen LogP contribution in [0.5, 0.6) is 0 Å². The van der Waals surface area contributed by atoms with Gasteiger partial charge in [0.05, 0.1) is 6.10 Å². The van der Waals surface area contributed by atoms with Crippen LogP contribution in [0.2, 0.25) is 0 Å². The van der Waals surface area contributed by atoms with Crippen LogP contribution in [0.4, 0.5) is 0 Å². The van der Waals surface area contributed by atoms with Gasteiger partial charge >= 0.3 is 0 Å². The summed E-state index contributed by atoms with van der Waals surface area (Å²) in [6, 6.07) is 4.03. The molecule has 0 aliphatic rings. The number of rotatable bonds is 5. The molecular weight excluding hydrogens is 226 g/mol. The maximum absolute atomic E-state index is 12.1. The molecule has 1 atom stereocenters. The van der Waals surface area contributed by atoms with E-state index < -0.39 is 0 Å². The molecule has 3 nitrogen and oxygen atoms in total. The SMILES string of the molecule is CCC(O)CCNC(=O)c1c(C)cc(C)cc1C. The molecular formula is C15H23NO2. The van der Waals surface area contributed by atoms with Crippen LogP contribution in [0.3, 0.4) is 0 Å². The van der Waals surface area contributed by atoms with E-state index in [1.165, 1.54) is 5.56 Å². The lowest BCUT2D eigenvalue weighted by molar-refractivity contribution is 0.0941. The standard InChI is InChI=1S/C15H23NO2/c1-5-13(17)6-7-16-15(18)14-11(3)8-10(2)9-12(14)4/h8-9,13,17H,5-7H2,1-4H3,(H,16,18). The molecule has 0 bridgehead atoms. The Balaban J connectivity index is 2.67. The van der Waals surface area contributed by atoms with Gasteiger partial charge in [-0.1, -0.05) is 24.6 Å². The first-order chi connectivity index (χ1) is 8.45. The fourth-order valence-corrected chi connectivity index (χ4v) is 2.18. The molecule has 0 aliphatic heterocycles. The van der Waals surface area contributed by atoms with Crippen LogP contribution < -0.4 is 5.32 Å². The smallest absolute Gasteiger partial charge is 0.251 e. The van der Waals surface area contributed by atoms with Gasteiger partial charge in [0.15, 0.2) is 0 Å². The van der Waals surface area contributed by atoms with Crippen LogP contribution in [0.15, 0.2) is 12.1 Å². The van der Waals surface area contributed by atoms with E-state index in [0.717, 1.165) is 23.1 Å². The average Bonchev–Trinajstić information content (AvgIpc) is 2.27. The molecule has 1 aromatic rings. The fraction of sp³-hybridized carbons (Fsp3) is 0.533. The predicted octanol–water partition coefficient (Wildman–Crippen LogP) is 2.50. The Kier molecular flexibility index (Phi) is 5.35. The Morgan fingerprint density at radius 2 is 1.83 bits per heavy atom. The lowest BCUT2D eigenvalue weighted by Crippen LogP contribution is -2.28. The minimum atomic E-state index is -0.328. The van der Waals surface area contributed by atoms with Crippen molar-refractivity contribution >= 4 is 5.91 Å². The highest BCUT2D eigenvalue weighted by Crippen LogP contribution is 2.16. The molecule has 2 N–H and O–H groups in total. The molecule has 1 unspecified atom stereocenters. The van der Waals surface area contributed by atoms with Crippen LogP contribution in [-0.2, 0) is 0 Å². The van der Waals surface area contributed by atoms with Crippen molar-refractivity contribution in [3.8, 4) is 0 Å². The summed E-state index contributed by atoms with van der Waals surface area (Å²) in [6.07, 6.45) is 0.996. The van der Waals surface area contributed by atoms with Crippen LogP contribution in [0.25, 0.3) is 0 Å². The number of amides is 1. The van der Waals surface area contributed by atoms with Crippen molar-refractivity contribution in [3.05, 3.63) is 34.4 Å². The van der Waals surface area contributed by atoms with Gasteiger partial charge in [-0.15, -0.1) is 0 Å². The second-order valence-electron chi connectivity index (χ2n) is 4.88. The summed E-state index contributed by atoms with van der Waals surface area (Å²) >= 11 is 0. The van der Waals surface area contributed by atoms with Crippen molar-refractivity contribution < 1.29 is 9.90 Å². The number of aryl methyl sites for hydroxylation is 3. The van der Waals surface area contributed by atoms with E-state index in [0.29, 0.717) is 13.0 Å². The van der Waals surface area contributed by atoms with Gasteiger partial charge < -0.3 is 10.4 Å². The Labute approximate surface area is 109 Å². The minimum Gasteiger partial charge on any atom is -0.393 e. The van der Waals surface area contributed by atoms with Crippen molar-refractivity contribution in [2.75, 3.05) is 6.54 Å². The normalized spacial score (nSPS) is 12.3. The zero-order valence-corrected chi connectivity index (χ0v) is 11.7. The monoisotopic (exact) mass is 249 g/mol. The van der Waals surface area contributed by atoms with Gasteiger partial charge in [-0.25, -0.2) is 0 Å². The maximum Gasteiger partial charge on any atom is 0.251 e. The van der Waals surface area contributed by atoms with E-state index >= 15 is 0 Å². The van der Waals surface area contributed by atoms with Crippen molar-refractivity contribution in [3.63, 3.8) is 0 Å². The number of aliphatic hydroxyl groups excluding tert-OH is 1. The number of hydrogen-bond acceptors (Lipinski definition) is 2. The van der Waals surface area contributed by atoms with E-state index in [1.54, 1.807) is 0 Å². The van der Waals surface area contributed by atoms with Gasteiger partial charge in [-0.2, -0.15) is 0 Å². The third-order valence-corrected chi connectivity index (χ3v) is 3.14. The molecule has 3 heteroatoms. The van der Waals surface area contributed by atoms with Gasteiger partial charge in [0.1, 0.15) is 0 Å². The first kappa shape index (κ1) is 14.7. The van der Waals surface area contributed by atoms with E-state index in [2.05, 4.69) is 5.32 Å². The van der Waals surface area contributed by atoms with Crippen LogP contribution in [0.1, 0.15) is 46.8 Å². The summed E-state index contributed by atoms with van der Waals surface area (Å²) in [5.74, 6) is -0.0479. The lowest BCUT2D eigenvalue weighted by atomic mass is 9.99. The quantitative estimate of drug-likeness (QED) is 0.842. The molecule has 0 heterocycles. The molecule has 1 aromatic carbocycles. The zero-order valence-electron chi connectivity index (χ0n) is 11.7. The molecule has 0 saturated carbocycles. The van der Waals surface area contributed by atoms with Crippen molar-refractivity contribution in [1.82, 2.24) is 5.32 Å². The summed E-state index contributed by atoms with van der Waals surface area (Å²) in [7, 11) is 0. The van der Waals surface area contributed by atoms with Gasteiger partial charge in [-0.3, -0.25) is 4.79 Å². The Hall–Kier alpha value is -1.35. The molecule has 0 saturated heterocycles. The molecule has 0 spiro atoms. The van der Waals surface area contributed by atoms with Crippen LogP contribution in [-0.4, -0.2) is 23.7 Å². The van der Waals surface area contributed by atoms with E-state index in [1.807, 2.05) is 39.8 Å². The van der Waals surface area contributed by atoms with Crippen molar-refractivity contribution in [2.45, 2.75) is 46.6 Å². The highest BCUT2D eigenvalue weighted by Gasteiger charge is 2.12. The Morgan fingerprint density at radius 1 is 1.28 bits per heavy atom. The highest BCUT2D eigenvalue weighted by molar-refractivity contribution is 5.97. The van der Waals surface area contributed by atoms with Crippen molar-refractivity contribution in [1.29, 1.82) is 0 Å². The Bertz CT molecular complexity index is 403. The number of benzene rings is 1. The number of nitrogens with one attached hydrogen (secondary N) is 1. The third-order valence-electron chi connectivity index (χ3n) is 3.14. The second kappa shape index (κ2) is 6.55. The van der Waals surface area contributed by atoms with Gasteiger partial charge in [-0.05, 0) is 44.7 Å². The van der Waals surface area contributed by atoms with E-state index in [-0.39, 0.29) is 12.0 Å². The fourth-order valence-electron chi connectivity index (χ4n) is 2.18. The molecule has 100 valence electrons. The van der Waals surface area contributed by atoms with Gasteiger partial charge in [0.2, 0.25) is 0 Å². The van der Waals surface area contributed by atoms with Crippen LogP contribution in [0, 0.1) is 20.8 Å². The summed E-state index contributed by atoms with van der Waals surface area (Å²) < 4.78 is 0. The number of carbonyl (C=O) groups excluding carboxylic acids is 1. The summed E-state index contributed by atoms with van der Waals surface area (Å²) in [5, 5.41) is 12.3.